The summed E-state index contributed by atoms with van der Waals surface area (Å²) >= 11 is 0. The van der Waals surface area contributed by atoms with Crippen molar-refractivity contribution in [3.8, 4) is 5.75 Å². The molecule has 3 rings (SSSR count). The van der Waals surface area contributed by atoms with E-state index in [1.807, 2.05) is 26.0 Å². The summed E-state index contributed by atoms with van der Waals surface area (Å²) in [5.41, 5.74) is 2.77. The van der Waals surface area contributed by atoms with Crippen molar-refractivity contribution in [2.75, 3.05) is 13.2 Å². The Labute approximate surface area is 149 Å². The summed E-state index contributed by atoms with van der Waals surface area (Å²) in [5.74, 6) is 0.499. The number of benzene rings is 1. The Morgan fingerprint density at radius 2 is 2.08 bits per heavy atom. The summed E-state index contributed by atoms with van der Waals surface area (Å²) in [4.78, 5) is 12.6. The van der Waals surface area contributed by atoms with E-state index in [0.29, 0.717) is 24.8 Å². The number of ether oxygens (including phenoxy) is 2. The third-order valence-corrected chi connectivity index (χ3v) is 5.01. The third-order valence-electron chi connectivity index (χ3n) is 5.01. The highest BCUT2D eigenvalue weighted by atomic mass is 16.5. The SMILES string of the molecule is C=CCOc1ccc2c(c1)c(C(=O)OCC)c(C)n2C1CCCCC1. The molecule has 0 bridgehead atoms. The first-order valence-electron chi connectivity index (χ1n) is 9.22. The minimum absolute atomic E-state index is 0.250. The van der Waals surface area contributed by atoms with Crippen LogP contribution in [0.1, 0.15) is 61.1 Å². The van der Waals surface area contributed by atoms with Crippen LogP contribution in [0.2, 0.25) is 0 Å². The number of hydrogen-bond acceptors (Lipinski definition) is 3. The molecule has 1 aliphatic carbocycles. The molecule has 1 aliphatic rings. The zero-order valence-corrected chi connectivity index (χ0v) is 15.2. The van der Waals surface area contributed by atoms with Crippen molar-refractivity contribution in [1.29, 1.82) is 0 Å². The van der Waals surface area contributed by atoms with E-state index >= 15 is 0 Å². The van der Waals surface area contributed by atoms with Crippen molar-refractivity contribution in [2.45, 2.75) is 52.0 Å². The number of nitrogens with zero attached hydrogens (tertiary/aromatic N) is 1. The lowest BCUT2D eigenvalue weighted by molar-refractivity contribution is 0.0527. The standard InChI is InChI=1S/C21H27NO3/c1-4-13-25-17-11-12-19-18(14-17)20(21(23)24-5-2)15(3)22(19)16-9-7-6-8-10-16/h4,11-12,14,16H,1,5-10,13H2,2-3H3. The largest absolute Gasteiger partial charge is 0.490 e. The van der Waals surface area contributed by atoms with Crippen LogP contribution in [0.25, 0.3) is 10.9 Å². The molecule has 25 heavy (non-hydrogen) atoms. The van der Waals surface area contributed by atoms with Gasteiger partial charge in [0.25, 0.3) is 0 Å². The molecule has 1 heterocycles. The second-order valence-corrected chi connectivity index (χ2v) is 6.62. The molecule has 1 fully saturated rings. The summed E-state index contributed by atoms with van der Waals surface area (Å²) in [6, 6.07) is 6.45. The van der Waals surface area contributed by atoms with E-state index in [2.05, 4.69) is 17.2 Å². The molecule has 1 saturated carbocycles. The van der Waals surface area contributed by atoms with E-state index in [-0.39, 0.29) is 5.97 Å². The molecule has 0 aliphatic heterocycles. The van der Waals surface area contributed by atoms with E-state index in [1.165, 1.54) is 32.1 Å². The summed E-state index contributed by atoms with van der Waals surface area (Å²) in [6.07, 6.45) is 7.86. The number of hydrogen-bond donors (Lipinski definition) is 0. The highest BCUT2D eigenvalue weighted by Gasteiger charge is 2.26. The zero-order valence-electron chi connectivity index (χ0n) is 15.2. The number of carbonyl (C=O) groups excluding carboxylic acids is 1. The molecule has 4 nitrogen and oxygen atoms in total. The van der Waals surface area contributed by atoms with Crippen molar-refractivity contribution in [3.05, 3.63) is 42.1 Å². The van der Waals surface area contributed by atoms with Crippen LogP contribution in [0.4, 0.5) is 0 Å². The Morgan fingerprint density at radius 1 is 1.32 bits per heavy atom. The smallest absolute Gasteiger partial charge is 0.340 e. The van der Waals surface area contributed by atoms with Crippen molar-refractivity contribution < 1.29 is 14.3 Å². The van der Waals surface area contributed by atoms with Gasteiger partial charge in [-0.15, -0.1) is 0 Å². The lowest BCUT2D eigenvalue weighted by Crippen LogP contribution is -2.15. The van der Waals surface area contributed by atoms with Gasteiger partial charge in [-0.05, 0) is 44.9 Å². The van der Waals surface area contributed by atoms with Gasteiger partial charge in [-0.1, -0.05) is 31.9 Å². The van der Waals surface area contributed by atoms with Gasteiger partial charge < -0.3 is 14.0 Å². The molecule has 134 valence electrons. The Balaban J connectivity index is 2.13. The normalized spacial score (nSPS) is 15.3. The fourth-order valence-electron chi connectivity index (χ4n) is 3.94. The molecule has 0 atom stereocenters. The second kappa shape index (κ2) is 7.77. The monoisotopic (exact) mass is 341 g/mol. The van der Waals surface area contributed by atoms with E-state index < -0.39 is 0 Å². The zero-order chi connectivity index (χ0) is 17.8. The molecule has 0 unspecified atom stereocenters. The van der Waals surface area contributed by atoms with Gasteiger partial charge in [0.05, 0.1) is 12.2 Å². The predicted molar refractivity (Wildman–Crippen MR) is 100 cm³/mol. The van der Waals surface area contributed by atoms with E-state index in [1.54, 1.807) is 6.08 Å². The van der Waals surface area contributed by atoms with Gasteiger partial charge in [-0.3, -0.25) is 0 Å². The molecule has 1 aromatic carbocycles. The Bertz CT molecular complexity index is 769. The lowest BCUT2D eigenvalue weighted by atomic mass is 9.95. The van der Waals surface area contributed by atoms with Gasteiger partial charge in [0, 0.05) is 22.6 Å². The fraction of sp³-hybridized carbons (Fsp3) is 0.476. The van der Waals surface area contributed by atoms with Crippen LogP contribution in [-0.4, -0.2) is 23.8 Å². The second-order valence-electron chi connectivity index (χ2n) is 6.62. The average Bonchev–Trinajstić information content (AvgIpc) is 2.92. The van der Waals surface area contributed by atoms with Crippen molar-refractivity contribution >= 4 is 16.9 Å². The first-order chi connectivity index (χ1) is 12.2. The van der Waals surface area contributed by atoms with Crippen molar-refractivity contribution in [1.82, 2.24) is 4.57 Å². The van der Waals surface area contributed by atoms with E-state index in [0.717, 1.165) is 22.3 Å². The quantitative estimate of drug-likeness (QED) is 0.536. The van der Waals surface area contributed by atoms with Crippen LogP contribution in [0.3, 0.4) is 0 Å². The number of rotatable bonds is 6. The van der Waals surface area contributed by atoms with E-state index in [4.69, 9.17) is 9.47 Å². The summed E-state index contributed by atoms with van der Waals surface area (Å²) in [6.45, 7) is 8.38. The molecule has 0 spiro atoms. The Hall–Kier alpha value is -2.23. The van der Waals surface area contributed by atoms with Gasteiger partial charge in [0.1, 0.15) is 12.4 Å². The predicted octanol–water partition coefficient (Wildman–Crippen LogP) is 5.20. The Kier molecular flexibility index (Phi) is 5.47. The lowest BCUT2D eigenvalue weighted by Gasteiger charge is -2.26. The van der Waals surface area contributed by atoms with Gasteiger partial charge in [-0.25, -0.2) is 4.79 Å². The van der Waals surface area contributed by atoms with Crippen LogP contribution in [0.5, 0.6) is 5.75 Å². The van der Waals surface area contributed by atoms with E-state index in [9.17, 15) is 4.79 Å². The topological polar surface area (TPSA) is 40.5 Å². The number of fused-ring (bicyclic) bond motifs is 1. The summed E-state index contributed by atoms with van der Waals surface area (Å²) in [7, 11) is 0. The molecule has 0 amide bonds. The van der Waals surface area contributed by atoms with Crippen LogP contribution in [-0.2, 0) is 4.74 Å². The van der Waals surface area contributed by atoms with Crippen molar-refractivity contribution in [3.63, 3.8) is 0 Å². The number of carbonyl (C=O) groups is 1. The Morgan fingerprint density at radius 3 is 2.76 bits per heavy atom. The highest BCUT2D eigenvalue weighted by Crippen LogP contribution is 2.37. The molecule has 1 aromatic heterocycles. The molecular formula is C21H27NO3. The maximum absolute atomic E-state index is 12.6. The first-order valence-corrected chi connectivity index (χ1v) is 9.22. The molecule has 0 N–H and O–H groups in total. The maximum Gasteiger partial charge on any atom is 0.340 e. The van der Waals surface area contributed by atoms with Crippen LogP contribution in [0, 0.1) is 6.92 Å². The van der Waals surface area contributed by atoms with Gasteiger partial charge >= 0.3 is 5.97 Å². The maximum atomic E-state index is 12.6. The minimum atomic E-state index is -0.250. The van der Waals surface area contributed by atoms with Crippen LogP contribution >= 0.6 is 0 Å². The number of esters is 1. The average molecular weight is 341 g/mol. The third kappa shape index (κ3) is 3.44. The molecular weight excluding hydrogens is 314 g/mol. The summed E-state index contributed by atoms with van der Waals surface area (Å²) in [5, 5.41) is 0.920. The number of aromatic nitrogens is 1. The molecule has 0 radical (unpaired) electrons. The van der Waals surface area contributed by atoms with Crippen molar-refractivity contribution in [2.24, 2.45) is 0 Å². The van der Waals surface area contributed by atoms with Gasteiger partial charge in [0.15, 0.2) is 0 Å². The molecule has 4 heteroatoms. The minimum Gasteiger partial charge on any atom is -0.490 e. The van der Waals surface area contributed by atoms with Gasteiger partial charge in [0.2, 0.25) is 0 Å². The molecule has 2 aromatic rings. The highest BCUT2D eigenvalue weighted by molar-refractivity contribution is 6.06. The summed E-state index contributed by atoms with van der Waals surface area (Å²) < 4.78 is 13.3. The molecule has 0 saturated heterocycles. The van der Waals surface area contributed by atoms with Crippen LogP contribution in [0.15, 0.2) is 30.9 Å². The van der Waals surface area contributed by atoms with Crippen LogP contribution < -0.4 is 4.74 Å². The first kappa shape index (κ1) is 17.6. The van der Waals surface area contributed by atoms with Gasteiger partial charge in [-0.2, -0.15) is 0 Å². The fourth-order valence-corrected chi connectivity index (χ4v) is 3.94.